The fraction of sp³-hybridized carbons (Fsp3) is 0.423. The van der Waals surface area contributed by atoms with Gasteiger partial charge in [-0.1, -0.05) is 42.5 Å². The Morgan fingerprint density at radius 3 is 2.21 bits per heavy atom. The van der Waals surface area contributed by atoms with E-state index in [0.717, 1.165) is 32.7 Å². The number of carbonyl (C=O) groups is 1. The van der Waals surface area contributed by atoms with Crippen molar-refractivity contribution in [2.45, 2.75) is 17.7 Å². The van der Waals surface area contributed by atoms with Gasteiger partial charge >= 0.3 is 0 Å². The summed E-state index contributed by atoms with van der Waals surface area (Å²) in [5.74, 6) is 0.684. The number of piperidine rings is 1. The summed E-state index contributed by atoms with van der Waals surface area (Å²) in [5, 5.41) is 0. The van der Waals surface area contributed by atoms with Crippen molar-refractivity contribution in [3.05, 3.63) is 66.2 Å². The maximum atomic E-state index is 13.1. The van der Waals surface area contributed by atoms with Gasteiger partial charge in [0.15, 0.2) is 0 Å². The third-order valence-electron chi connectivity index (χ3n) is 6.66. The molecule has 34 heavy (non-hydrogen) atoms. The van der Waals surface area contributed by atoms with Gasteiger partial charge in [0.2, 0.25) is 15.9 Å². The minimum Gasteiger partial charge on any atom is -0.497 e. The van der Waals surface area contributed by atoms with Crippen LogP contribution in [0.4, 0.5) is 0 Å². The zero-order valence-electron chi connectivity index (χ0n) is 19.7. The van der Waals surface area contributed by atoms with Crippen molar-refractivity contribution < 1.29 is 17.9 Å². The van der Waals surface area contributed by atoms with Gasteiger partial charge in [-0.2, -0.15) is 4.31 Å². The Morgan fingerprint density at radius 2 is 1.59 bits per heavy atom. The summed E-state index contributed by atoms with van der Waals surface area (Å²) in [4.78, 5) is 17.6. The Balaban J connectivity index is 1.23. The highest BCUT2D eigenvalue weighted by Gasteiger charge is 2.34. The van der Waals surface area contributed by atoms with Crippen molar-refractivity contribution in [1.29, 1.82) is 0 Å². The first kappa shape index (κ1) is 24.4. The molecule has 0 aliphatic carbocycles. The Morgan fingerprint density at radius 1 is 0.941 bits per heavy atom. The first-order chi connectivity index (χ1) is 16.5. The van der Waals surface area contributed by atoms with Gasteiger partial charge in [-0.3, -0.25) is 9.69 Å². The molecule has 7 nitrogen and oxygen atoms in total. The highest BCUT2D eigenvalue weighted by molar-refractivity contribution is 7.89. The molecule has 2 saturated heterocycles. The molecule has 2 heterocycles. The summed E-state index contributed by atoms with van der Waals surface area (Å²) in [6, 6.07) is 16.7. The Labute approximate surface area is 202 Å². The lowest BCUT2D eigenvalue weighted by Crippen LogP contribution is -2.51. The van der Waals surface area contributed by atoms with Gasteiger partial charge in [0.25, 0.3) is 0 Å². The first-order valence-corrected chi connectivity index (χ1v) is 13.3. The number of piperazine rings is 1. The molecule has 0 N–H and O–H groups in total. The standard InChI is InChI=1S/C26H33N3O4S/c1-33-24-9-11-25(12-10-24)34(31,32)29-16-13-23(14-17-29)26(30)28-20-18-27(19-21-28)15-5-8-22-6-3-2-4-7-22/h2-12,23H,13-21H2,1H3/b8-5+. The highest BCUT2D eigenvalue weighted by atomic mass is 32.2. The zero-order chi connectivity index (χ0) is 24.0. The summed E-state index contributed by atoms with van der Waals surface area (Å²) >= 11 is 0. The maximum absolute atomic E-state index is 13.1. The third-order valence-corrected chi connectivity index (χ3v) is 8.57. The lowest BCUT2D eigenvalue weighted by Gasteiger charge is -2.38. The number of amides is 1. The number of rotatable bonds is 7. The summed E-state index contributed by atoms with van der Waals surface area (Å²) in [6.07, 6.45) is 5.43. The van der Waals surface area contributed by atoms with Gasteiger partial charge in [0, 0.05) is 51.7 Å². The van der Waals surface area contributed by atoms with Crippen LogP contribution in [0.15, 0.2) is 65.6 Å². The second kappa shape index (κ2) is 11.2. The number of benzene rings is 2. The van der Waals surface area contributed by atoms with E-state index in [1.807, 2.05) is 23.1 Å². The SMILES string of the molecule is COc1ccc(S(=O)(=O)N2CCC(C(=O)N3CCN(C/C=C/c4ccccc4)CC3)CC2)cc1. The smallest absolute Gasteiger partial charge is 0.243 e. The van der Waals surface area contributed by atoms with Crippen molar-refractivity contribution in [3.8, 4) is 5.75 Å². The fourth-order valence-electron chi connectivity index (χ4n) is 4.55. The largest absolute Gasteiger partial charge is 0.497 e. The maximum Gasteiger partial charge on any atom is 0.243 e. The van der Waals surface area contributed by atoms with E-state index in [4.69, 9.17) is 4.74 Å². The topological polar surface area (TPSA) is 70.2 Å². The summed E-state index contributed by atoms with van der Waals surface area (Å²) in [6.45, 7) is 4.78. The van der Waals surface area contributed by atoms with Crippen molar-refractivity contribution in [3.63, 3.8) is 0 Å². The molecule has 0 radical (unpaired) electrons. The number of carbonyl (C=O) groups excluding carboxylic acids is 1. The van der Waals surface area contributed by atoms with Crippen LogP contribution in [0.3, 0.4) is 0 Å². The molecule has 8 heteroatoms. The minimum atomic E-state index is -3.56. The Hall–Kier alpha value is -2.68. The number of ether oxygens (including phenoxy) is 1. The second-order valence-corrected chi connectivity index (χ2v) is 10.7. The summed E-state index contributed by atoms with van der Waals surface area (Å²) in [5.41, 5.74) is 1.19. The van der Waals surface area contributed by atoms with Gasteiger partial charge in [-0.15, -0.1) is 0 Å². The lowest BCUT2D eigenvalue weighted by molar-refractivity contribution is -0.138. The average Bonchev–Trinajstić information content (AvgIpc) is 2.89. The van der Waals surface area contributed by atoms with Crippen LogP contribution in [-0.4, -0.2) is 81.4 Å². The molecule has 0 unspecified atom stereocenters. The molecule has 0 spiro atoms. The molecule has 2 aliphatic heterocycles. The molecule has 0 saturated carbocycles. The van der Waals surface area contributed by atoms with Crippen LogP contribution >= 0.6 is 0 Å². The monoisotopic (exact) mass is 483 g/mol. The number of hydrogen-bond acceptors (Lipinski definition) is 5. The third kappa shape index (κ3) is 5.87. The van der Waals surface area contributed by atoms with Gasteiger partial charge in [0.1, 0.15) is 5.75 Å². The van der Waals surface area contributed by atoms with Crippen LogP contribution in [0.1, 0.15) is 18.4 Å². The van der Waals surface area contributed by atoms with Crippen LogP contribution in [0.5, 0.6) is 5.75 Å². The van der Waals surface area contributed by atoms with E-state index in [2.05, 4.69) is 29.2 Å². The van der Waals surface area contributed by atoms with Crippen LogP contribution in [-0.2, 0) is 14.8 Å². The van der Waals surface area contributed by atoms with E-state index in [1.54, 1.807) is 31.4 Å². The predicted molar refractivity (Wildman–Crippen MR) is 133 cm³/mol. The molecule has 0 atom stereocenters. The molecule has 2 aromatic carbocycles. The van der Waals surface area contributed by atoms with E-state index >= 15 is 0 Å². The summed E-state index contributed by atoms with van der Waals surface area (Å²) in [7, 11) is -2.01. The normalized spacial score (nSPS) is 18.9. The second-order valence-electron chi connectivity index (χ2n) is 8.79. The summed E-state index contributed by atoms with van der Waals surface area (Å²) < 4.78 is 32.5. The van der Waals surface area contributed by atoms with E-state index in [1.165, 1.54) is 9.87 Å². The lowest BCUT2D eigenvalue weighted by atomic mass is 9.96. The fourth-order valence-corrected chi connectivity index (χ4v) is 6.02. The van der Waals surface area contributed by atoms with Crippen molar-refractivity contribution >= 4 is 22.0 Å². The van der Waals surface area contributed by atoms with Gasteiger partial charge in [-0.25, -0.2) is 8.42 Å². The molecule has 2 fully saturated rings. The molecule has 2 aromatic rings. The van der Waals surface area contributed by atoms with E-state index in [-0.39, 0.29) is 16.7 Å². The zero-order valence-corrected chi connectivity index (χ0v) is 20.5. The molecule has 1 amide bonds. The van der Waals surface area contributed by atoms with Crippen LogP contribution < -0.4 is 4.74 Å². The van der Waals surface area contributed by atoms with Crippen molar-refractivity contribution in [1.82, 2.24) is 14.1 Å². The van der Waals surface area contributed by atoms with Crippen molar-refractivity contribution in [2.24, 2.45) is 5.92 Å². The molecule has 2 aliphatic rings. The molecule has 4 rings (SSSR count). The molecule has 0 aromatic heterocycles. The average molecular weight is 484 g/mol. The van der Waals surface area contributed by atoms with E-state index in [0.29, 0.717) is 31.7 Å². The number of nitrogens with zero attached hydrogens (tertiary/aromatic N) is 3. The number of sulfonamides is 1. The first-order valence-electron chi connectivity index (χ1n) is 11.8. The van der Waals surface area contributed by atoms with Crippen LogP contribution in [0.25, 0.3) is 6.08 Å². The van der Waals surface area contributed by atoms with Gasteiger partial charge in [0.05, 0.1) is 12.0 Å². The predicted octanol–water partition coefficient (Wildman–Crippen LogP) is 2.95. The van der Waals surface area contributed by atoms with E-state index < -0.39 is 10.0 Å². The Kier molecular flexibility index (Phi) is 8.03. The minimum absolute atomic E-state index is 0.105. The number of methoxy groups -OCH3 is 1. The van der Waals surface area contributed by atoms with Crippen LogP contribution in [0, 0.1) is 5.92 Å². The Bertz CT molecular complexity index is 1070. The van der Waals surface area contributed by atoms with E-state index in [9.17, 15) is 13.2 Å². The molecular weight excluding hydrogens is 450 g/mol. The van der Waals surface area contributed by atoms with Crippen LogP contribution in [0.2, 0.25) is 0 Å². The number of hydrogen-bond donors (Lipinski definition) is 0. The van der Waals surface area contributed by atoms with Gasteiger partial charge in [-0.05, 0) is 42.7 Å². The molecular formula is C26H33N3O4S. The van der Waals surface area contributed by atoms with Gasteiger partial charge < -0.3 is 9.64 Å². The molecule has 0 bridgehead atoms. The highest BCUT2D eigenvalue weighted by Crippen LogP contribution is 2.26. The van der Waals surface area contributed by atoms with Crippen molar-refractivity contribution in [2.75, 3.05) is 52.9 Å². The quantitative estimate of drug-likeness (QED) is 0.606. The molecule has 182 valence electrons.